The lowest BCUT2D eigenvalue weighted by Gasteiger charge is -2.18. The predicted molar refractivity (Wildman–Crippen MR) is 193 cm³/mol. The van der Waals surface area contributed by atoms with Crippen LogP contribution in [-0.2, 0) is 9.59 Å². The fourth-order valence-corrected chi connectivity index (χ4v) is 6.11. The van der Waals surface area contributed by atoms with Gasteiger partial charge in [0.05, 0.1) is 12.1 Å². The van der Waals surface area contributed by atoms with Gasteiger partial charge in [-0.15, -0.1) is 11.8 Å². The van der Waals surface area contributed by atoms with E-state index in [1.807, 2.05) is 66.7 Å². The van der Waals surface area contributed by atoms with Gasteiger partial charge in [0.15, 0.2) is 0 Å². The minimum absolute atomic E-state index is 0.0684. The van der Waals surface area contributed by atoms with Gasteiger partial charge >= 0.3 is 0 Å². The van der Waals surface area contributed by atoms with Gasteiger partial charge in [0, 0.05) is 26.3 Å². The highest BCUT2D eigenvalue weighted by Gasteiger charge is 2.23. The van der Waals surface area contributed by atoms with E-state index >= 15 is 0 Å². The number of ether oxygens (including phenoxy) is 1. The molecule has 0 heterocycles. The monoisotopic (exact) mass is 725 g/mol. The number of amides is 3. The van der Waals surface area contributed by atoms with Crippen LogP contribution in [0.4, 0.5) is 11.4 Å². The molecule has 3 amide bonds. The van der Waals surface area contributed by atoms with E-state index in [-0.39, 0.29) is 11.6 Å². The molecule has 1 unspecified atom stereocenters. The van der Waals surface area contributed by atoms with Crippen molar-refractivity contribution in [3.8, 4) is 5.75 Å². The minimum Gasteiger partial charge on any atom is -0.495 e. The Morgan fingerprint density at radius 1 is 0.787 bits per heavy atom. The third-order valence-corrected chi connectivity index (χ3v) is 8.89. The molecule has 3 N–H and O–H groups in total. The first-order chi connectivity index (χ1) is 22.8. The van der Waals surface area contributed by atoms with Crippen LogP contribution in [-0.4, -0.2) is 24.8 Å². The summed E-state index contributed by atoms with van der Waals surface area (Å²) >= 11 is 11.0. The first-order valence-electron chi connectivity index (χ1n) is 14.4. The molecule has 47 heavy (non-hydrogen) atoms. The molecule has 0 aliphatic carbocycles. The second-order valence-electron chi connectivity index (χ2n) is 10.2. The van der Waals surface area contributed by atoms with Crippen molar-refractivity contribution >= 4 is 74.5 Å². The molecule has 236 valence electrons. The van der Waals surface area contributed by atoms with E-state index in [0.29, 0.717) is 27.7 Å². The summed E-state index contributed by atoms with van der Waals surface area (Å²) in [5, 5.41) is 8.36. The lowest BCUT2D eigenvalue weighted by atomic mass is 10.1. The third kappa shape index (κ3) is 9.36. The van der Waals surface area contributed by atoms with Crippen LogP contribution < -0.4 is 20.7 Å². The number of thioether (sulfide) groups is 1. The van der Waals surface area contributed by atoms with Gasteiger partial charge < -0.3 is 20.7 Å². The predicted octanol–water partition coefficient (Wildman–Crippen LogP) is 8.99. The Kier molecular flexibility index (Phi) is 11.5. The third-order valence-electron chi connectivity index (χ3n) is 6.82. The van der Waals surface area contributed by atoms with Gasteiger partial charge in [-0.05, 0) is 77.9 Å². The number of anilines is 2. The zero-order chi connectivity index (χ0) is 33.2. The van der Waals surface area contributed by atoms with Crippen molar-refractivity contribution in [1.29, 1.82) is 0 Å². The van der Waals surface area contributed by atoms with Crippen molar-refractivity contribution in [3.05, 3.63) is 159 Å². The second kappa shape index (κ2) is 16.1. The molecule has 0 saturated carbocycles. The van der Waals surface area contributed by atoms with Gasteiger partial charge in [-0.3, -0.25) is 14.4 Å². The zero-order valence-corrected chi connectivity index (χ0v) is 28.2. The molecule has 0 fully saturated rings. The maximum absolute atomic E-state index is 13.6. The van der Waals surface area contributed by atoms with Gasteiger partial charge in [0.1, 0.15) is 16.7 Å². The molecule has 0 radical (unpaired) electrons. The zero-order valence-electron chi connectivity index (χ0n) is 25.1. The Hall–Kier alpha value is -4.83. The van der Waals surface area contributed by atoms with Gasteiger partial charge in [-0.25, -0.2) is 0 Å². The lowest BCUT2D eigenvalue weighted by Crippen LogP contribution is -2.30. The molecule has 5 aromatic carbocycles. The summed E-state index contributed by atoms with van der Waals surface area (Å²) < 4.78 is 6.11. The lowest BCUT2D eigenvalue weighted by molar-refractivity contribution is -0.116. The van der Waals surface area contributed by atoms with E-state index in [9.17, 15) is 14.4 Å². The van der Waals surface area contributed by atoms with Crippen molar-refractivity contribution in [2.45, 2.75) is 10.1 Å². The van der Waals surface area contributed by atoms with Crippen molar-refractivity contribution in [2.75, 3.05) is 17.7 Å². The van der Waals surface area contributed by atoms with Crippen LogP contribution in [0.25, 0.3) is 6.08 Å². The fourth-order valence-electron chi connectivity index (χ4n) is 4.50. The topological polar surface area (TPSA) is 96.5 Å². The van der Waals surface area contributed by atoms with Crippen molar-refractivity contribution in [2.24, 2.45) is 0 Å². The Bertz CT molecular complexity index is 1900. The minimum atomic E-state index is -0.624. The van der Waals surface area contributed by atoms with Crippen LogP contribution in [0.15, 0.2) is 142 Å². The van der Waals surface area contributed by atoms with Gasteiger partial charge in [0.25, 0.3) is 11.8 Å². The largest absolute Gasteiger partial charge is 0.495 e. The summed E-state index contributed by atoms with van der Waals surface area (Å²) in [4.78, 5) is 41.0. The summed E-state index contributed by atoms with van der Waals surface area (Å²) in [6.45, 7) is 0. The number of benzene rings is 5. The van der Waals surface area contributed by atoms with E-state index in [1.165, 1.54) is 18.9 Å². The Morgan fingerprint density at radius 2 is 1.47 bits per heavy atom. The Balaban J connectivity index is 1.37. The molecule has 0 saturated heterocycles. The van der Waals surface area contributed by atoms with Crippen LogP contribution in [0.1, 0.15) is 26.7 Å². The Labute approximate surface area is 290 Å². The number of hydrogen-bond acceptors (Lipinski definition) is 5. The van der Waals surface area contributed by atoms with E-state index in [2.05, 4.69) is 31.9 Å². The molecular weight excluding hydrogens is 698 g/mol. The van der Waals surface area contributed by atoms with Crippen molar-refractivity contribution in [3.63, 3.8) is 0 Å². The molecule has 7 nitrogen and oxygen atoms in total. The van der Waals surface area contributed by atoms with Crippen LogP contribution >= 0.6 is 39.3 Å². The molecular formula is C37H29BrClN3O4S. The maximum atomic E-state index is 13.6. The number of methoxy groups -OCH3 is 1. The first kappa shape index (κ1) is 33.5. The summed E-state index contributed by atoms with van der Waals surface area (Å²) in [7, 11) is 1.53. The quantitative estimate of drug-likeness (QED) is 0.0933. The molecule has 10 heteroatoms. The molecule has 0 bridgehead atoms. The van der Waals surface area contributed by atoms with Crippen molar-refractivity contribution in [1.82, 2.24) is 5.32 Å². The number of hydrogen-bond donors (Lipinski definition) is 3. The number of carbonyl (C=O) groups excluding carboxylic acids is 3. The van der Waals surface area contributed by atoms with Gasteiger partial charge in [0.2, 0.25) is 5.91 Å². The van der Waals surface area contributed by atoms with Crippen LogP contribution in [0, 0.1) is 0 Å². The smallest absolute Gasteiger partial charge is 0.272 e. The SMILES string of the molecule is COc1ccc(NC(=O)C(Sc2cccc(NC(=O)/C(=C/c3ccc(Br)cc3)NC(=O)c3ccccc3)c2)c2ccccc2)cc1Cl. The molecule has 5 aromatic rings. The molecule has 1 atom stereocenters. The highest BCUT2D eigenvalue weighted by molar-refractivity contribution is 9.10. The average molecular weight is 727 g/mol. The Morgan fingerprint density at radius 3 is 2.15 bits per heavy atom. The highest BCUT2D eigenvalue weighted by atomic mass is 79.9. The standard InChI is InChI=1S/C37H29BrClN3O4S/c1-46-33-20-19-29(23-31(33)39)41-37(45)34(25-9-4-2-5-10-25)47-30-14-8-13-28(22-30)40-36(44)32(21-24-15-17-27(38)18-16-24)42-35(43)26-11-6-3-7-12-26/h2-23,34H,1H3,(H,40,44)(H,41,45)(H,42,43)/b32-21-. The molecule has 0 aliphatic heterocycles. The maximum Gasteiger partial charge on any atom is 0.272 e. The second-order valence-corrected chi connectivity index (χ2v) is 12.7. The van der Waals surface area contributed by atoms with E-state index in [4.69, 9.17) is 16.3 Å². The van der Waals surface area contributed by atoms with Crippen LogP contribution in [0.2, 0.25) is 5.02 Å². The van der Waals surface area contributed by atoms with Crippen LogP contribution in [0.3, 0.4) is 0 Å². The number of carbonyl (C=O) groups is 3. The van der Waals surface area contributed by atoms with E-state index < -0.39 is 17.1 Å². The number of rotatable bonds is 11. The molecule has 0 aromatic heterocycles. The summed E-state index contributed by atoms with van der Waals surface area (Å²) in [5.74, 6) is -0.663. The summed E-state index contributed by atoms with van der Waals surface area (Å²) in [6.07, 6.45) is 1.61. The van der Waals surface area contributed by atoms with E-state index in [0.717, 1.165) is 20.5 Å². The summed E-state index contributed by atoms with van der Waals surface area (Å²) in [5.41, 5.74) is 3.04. The van der Waals surface area contributed by atoms with Gasteiger partial charge in [-0.1, -0.05) is 94.3 Å². The summed E-state index contributed by atoms with van der Waals surface area (Å²) in [6, 6.07) is 37.7. The fraction of sp³-hybridized carbons (Fsp3) is 0.0541. The number of halogens is 2. The average Bonchev–Trinajstić information content (AvgIpc) is 3.09. The highest BCUT2D eigenvalue weighted by Crippen LogP contribution is 2.38. The molecule has 0 spiro atoms. The molecule has 0 aliphatic rings. The van der Waals surface area contributed by atoms with Crippen molar-refractivity contribution < 1.29 is 19.1 Å². The normalized spacial score (nSPS) is 11.7. The number of nitrogens with one attached hydrogen (secondary N) is 3. The van der Waals surface area contributed by atoms with E-state index in [1.54, 1.807) is 66.7 Å². The van der Waals surface area contributed by atoms with Crippen LogP contribution in [0.5, 0.6) is 5.75 Å². The molecule has 5 rings (SSSR count). The van der Waals surface area contributed by atoms with Gasteiger partial charge in [-0.2, -0.15) is 0 Å². The first-order valence-corrected chi connectivity index (χ1v) is 16.4.